The Morgan fingerprint density at radius 3 is 2.94 bits per heavy atom. The number of aryl methyl sites for hydroxylation is 1. The van der Waals surface area contributed by atoms with Gasteiger partial charge in [-0.3, -0.25) is 0 Å². The second-order valence-corrected chi connectivity index (χ2v) is 6.03. The number of hydrogen-bond donors (Lipinski definition) is 1. The normalized spacial score (nSPS) is 20.4. The smallest absolute Gasteiger partial charge is 0.0391 e. The molecule has 0 amide bonds. The summed E-state index contributed by atoms with van der Waals surface area (Å²) < 4.78 is 0. The zero-order valence-corrected chi connectivity index (χ0v) is 11.5. The van der Waals surface area contributed by atoms with Crippen molar-refractivity contribution in [3.63, 3.8) is 0 Å². The molecule has 0 spiro atoms. The van der Waals surface area contributed by atoms with Gasteiger partial charge < -0.3 is 5.32 Å². The van der Waals surface area contributed by atoms with Gasteiger partial charge in [-0.25, -0.2) is 0 Å². The fraction of sp³-hybridized carbons (Fsp3) is 0.375. The zero-order valence-electron chi connectivity index (χ0n) is 10.7. The molecule has 0 radical (unpaired) electrons. The van der Waals surface area contributed by atoms with E-state index in [4.69, 9.17) is 0 Å². The molecule has 94 valence electrons. The fourth-order valence-corrected chi connectivity index (χ4v) is 3.59. The highest BCUT2D eigenvalue weighted by atomic mass is 32.1. The number of thiophene rings is 1. The number of rotatable bonds is 3. The quantitative estimate of drug-likeness (QED) is 0.855. The van der Waals surface area contributed by atoms with Crippen LogP contribution in [0.4, 0.5) is 0 Å². The van der Waals surface area contributed by atoms with Gasteiger partial charge in [0.2, 0.25) is 0 Å². The van der Waals surface area contributed by atoms with Crippen LogP contribution in [0.15, 0.2) is 41.8 Å². The van der Waals surface area contributed by atoms with Crippen LogP contribution >= 0.6 is 11.3 Å². The van der Waals surface area contributed by atoms with Crippen LogP contribution in [0.3, 0.4) is 0 Å². The van der Waals surface area contributed by atoms with Crippen molar-refractivity contribution in [2.75, 3.05) is 0 Å². The van der Waals surface area contributed by atoms with Crippen LogP contribution in [0.5, 0.6) is 0 Å². The molecular formula is C16H19NS. The molecule has 1 unspecified atom stereocenters. The Morgan fingerprint density at radius 2 is 2.11 bits per heavy atom. The molecule has 1 aliphatic rings. The highest BCUT2D eigenvalue weighted by Gasteiger charge is 2.21. The van der Waals surface area contributed by atoms with Crippen LogP contribution in [0, 0.1) is 0 Å². The Hall–Kier alpha value is -1.12. The average molecular weight is 257 g/mol. The molecule has 18 heavy (non-hydrogen) atoms. The molecular weight excluding hydrogens is 238 g/mol. The Bertz CT molecular complexity index is 504. The Kier molecular flexibility index (Phi) is 3.48. The molecule has 0 saturated heterocycles. The van der Waals surface area contributed by atoms with E-state index in [1.807, 2.05) is 11.3 Å². The zero-order chi connectivity index (χ0) is 12.4. The first-order chi connectivity index (χ1) is 8.84. The number of benzene rings is 1. The number of nitrogens with one attached hydrogen (secondary N) is 1. The summed E-state index contributed by atoms with van der Waals surface area (Å²) in [7, 11) is 0. The molecule has 2 aromatic rings. The molecule has 1 N–H and O–H groups in total. The lowest BCUT2D eigenvalue weighted by Gasteiger charge is -2.29. The summed E-state index contributed by atoms with van der Waals surface area (Å²) in [6.07, 6.45) is 3.79. The van der Waals surface area contributed by atoms with E-state index >= 15 is 0 Å². The van der Waals surface area contributed by atoms with E-state index in [-0.39, 0.29) is 0 Å². The third kappa shape index (κ3) is 2.36. The van der Waals surface area contributed by atoms with Crippen molar-refractivity contribution in [2.45, 2.75) is 38.3 Å². The first kappa shape index (κ1) is 11.9. The van der Waals surface area contributed by atoms with Crippen molar-refractivity contribution in [1.29, 1.82) is 0 Å². The summed E-state index contributed by atoms with van der Waals surface area (Å²) in [5.41, 5.74) is 3.03. The summed E-state index contributed by atoms with van der Waals surface area (Å²) in [4.78, 5) is 1.43. The molecule has 2 heteroatoms. The number of fused-ring (bicyclic) bond motifs is 1. The van der Waals surface area contributed by atoms with Gasteiger partial charge in [-0.05, 0) is 48.8 Å². The minimum Gasteiger partial charge on any atom is -0.303 e. The van der Waals surface area contributed by atoms with E-state index in [0.29, 0.717) is 12.1 Å². The number of hydrogen-bond acceptors (Lipinski definition) is 2. The topological polar surface area (TPSA) is 12.0 Å². The molecule has 0 fully saturated rings. The Balaban J connectivity index is 1.78. The van der Waals surface area contributed by atoms with E-state index < -0.39 is 0 Å². The first-order valence-electron chi connectivity index (χ1n) is 6.72. The summed E-state index contributed by atoms with van der Waals surface area (Å²) in [6.45, 7) is 2.27. The Morgan fingerprint density at radius 1 is 1.22 bits per heavy atom. The largest absolute Gasteiger partial charge is 0.303 e. The van der Waals surface area contributed by atoms with Gasteiger partial charge in [0, 0.05) is 17.0 Å². The standard InChI is InChI=1S/C16H19NS/c1-12(16-10-5-11-18-16)17-15-9-4-7-13-6-2-3-8-14(13)15/h2-3,5-6,8,10-12,15,17H,4,7,9H2,1H3/t12-,15?/m1/s1. The van der Waals surface area contributed by atoms with Crippen molar-refractivity contribution in [3.05, 3.63) is 57.8 Å². The SMILES string of the molecule is C[C@@H](NC1CCCc2ccccc21)c1cccs1. The highest BCUT2D eigenvalue weighted by Crippen LogP contribution is 2.32. The lowest BCUT2D eigenvalue weighted by molar-refractivity contribution is 0.418. The summed E-state index contributed by atoms with van der Waals surface area (Å²) in [5.74, 6) is 0. The third-order valence-electron chi connectivity index (χ3n) is 3.79. The minimum atomic E-state index is 0.446. The maximum atomic E-state index is 3.79. The molecule has 1 aromatic carbocycles. The van der Waals surface area contributed by atoms with Crippen molar-refractivity contribution < 1.29 is 0 Å². The van der Waals surface area contributed by atoms with Gasteiger partial charge >= 0.3 is 0 Å². The highest BCUT2D eigenvalue weighted by molar-refractivity contribution is 7.10. The second kappa shape index (κ2) is 5.25. The summed E-state index contributed by atoms with van der Waals surface area (Å²) in [6, 6.07) is 14.2. The first-order valence-corrected chi connectivity index (χ1v) is 7.60. The monoisotopic (exact) mass is 257 g/mol. The molecule has 1 heterocycles. The van der Waals surface area contributed by atoms with E-state index in [0.717, 1.165) is 0 Å². The molecule has 3 rings (SSSR count). The van der Waals surface area contributed by atoms with Gasteiger partial charge in [0.15, 0.2) is 0 Å². The van der Waals surface area contributed by atoms with Crippen LogP contribution in [0.25, 0.3) is 0 Å². The van der Waals surface area contributed by atoms with Crippen LogP contribution in [-0.4, -0.2) is 0 Å². The molecule has 0 bridgehead atoms. The minimum absolute atomic E-state index is 0.446. The lowest BCUT2D eigenvalue weighted by atomic mass is 9.87. The van der Waals surface area contributed by atoms with E-state index in [1.54, 1.807) is 0 Å². The van der Waals surface area contributed by atoms with Gasteiger partial charge in [0.05, 0.1) is 0 Å². The van der Waals surface area contributed by atoms with Gasteiger partial charge in [-0.2, -0.15) is 0 Å². The van der Waals surface area contributed by atoms with Crippen molar-refractivity contribution >= 4 is 11.3 Å². The van der Waals surface area contributed by atoms with E-state index in [9.17, 15) is 0 Å². The molecule has 1 aliphatic carbocycles. The lowest BCUT2D eigenvalue weighted by Crippen LogP contribution is -2.27. The van der Waals surface area contributed by atoms with Gasteiger partial charge in [-0.15, -0.1) is 11.3 Å². The van der Waals surface area contributed by atoms with Crippen molar-refractivity contribution in [1.82, 2.24) is 5.32 Å². The fourth-order valence-electron chi connectivity index (χ4n) is 2.85. The van der Waals surface area contributed by atoms with E-state index in [1.165, 1.54) is 35.3 Å². The van der Waals surface area contributed by atoms with Gasteiger partial charge in [-0.1, -0.05) is 30.3 Å². The maximum absolute atomic E-state index is 3.79. The third-order valence-corrected chi connectivity index (χ3v) is 4.85. The molecule has 0 aliphatic heterocycles. The maximum Gasteiger partial charge on any atom is 0.0391 e. The average Bonchev–Trinajstić information content (AvgIpc) is 2.93. The Labute approximate surface area is 113 Å². The van der Waals surface area contributed by atoms with Crippen molar-refractivity contribution in [3.8, 4) is 0 Å². The predicted molar refractivity (Wildman–Crippen MR) is 78.0 cm³/mol. The summed E-state index contributed by atoms with van der Waals surface area (Å²) in [5, 5.41) is 5.94. The van der Waals surface area contributed by atoms with Crippen LogP contribution in [0.2, 0.25) is 0 Å². The summed E-state index contributed by atoms with van der Waals surface area (Å²) >= 11 is 1.84. The van der Waals surface area contributed by atoms with Crippen LogP contribution in [-0.2, 0) is 6.42 Å². The molecule has 1 aromatic heterocycles. The van der Waals surface area contributed by atoms with E-state index in [2.05, 4.69) is 54.0 Å². The molecule has 1 nitrogen and oxygen atoms in total. The molecule has 2 atom stereocenters. The van der Waals surface area contributed by atoms with Crippen LogP contribution < -0.4 is 5.32 Å². The molecule has 0 saturated carbocycles. The van der Waals surface area contributed by atoms with Gasteiger partial charge in [0.1, 0.15) is 0 Å². The van der Waals surface area contributed by atoms with Gasteiger partial charge in [0.25, 0.3) is 0 Å². The van der Waals surface area contributed by atoms with Crippen LogP contribution in [0.1, 0.15) is 47.9 Å². The second-order valence-electron chi connectivity index (χ2n) is 5.05. The van der Waals surface area contributed by atoms with Crippen molar-refractivity contribution in [2.24, 2.45) is 0 Å². The predicted octanol–water partition coefficient (Wildman–Crippen LogP) is 4.48.